The molecule has 0 saturated heterocycles. The van der Waals surface area contributed by atoms with Crippen molar-refractivity contribution in [3.8, 4) is 0 Å². The Kier molecular flexibility index (Phi) is 3.73. The molecule has 1 fully saturated rings. The molecule has 116 valence electrons. The first kappa shape index (κ1) is 14.8. The molecule has 1 saturated carbocycles. The first-order valence-corrected chi connectivity index (χ1v) is 8.18. The Hall–Kier alpha value is -1.09. The largest absolute Gasteiger partial charge is 0.371 e. The van der Waals surface area contributed by atoms with Crippen molar-refractivity contribution in [2.45, 2.75) is 46.1 Å². The second-order valence-electron chi connectivity index (χ2n) is 7.52. The van der Waals surface area contributed by atoms with Gasteiger partial charge in [-0.3, -0.25) is 0 Å². The number of benzene rings is 1. The van der Waals surface area contributed by atoms with Gasteiger partial charge in [0.2, 0.25) is 0 Å². The molecule has 0 amide bonds. The molecule has 3 rings (SSSR count). The molecule has 2 N–H and O–H groups in total. The highest BCUT2D eigenvalue weighted by molar-refractivity contribution is 5.58. The Morgan fingerprint density at radius 3 is 2.86 bits per heavy atom. The van der Waals surface area contributed by atoms with E-state index in [1.165, 1.54) is 12.0 Å². The predicted octanol–water partition coefficient (Wildman–Crippen LogP) is 3.59. The maximum Gasteiger partial charge on any atom is 0.125 e. The fraction of sp³-hybridized carbons (Fsp3) is 0.667. The molecule has 1 aliphatic carbocycles. The molecule has 1 heterocycles. The summed E-state index contributed by atoms with van der Waals surface area (Å²) in [5.41, 5.74) is 8.89. The fourth-order valence-electron chi connectivity index (χ4n) is 4.14. The molecule has 3 unspecified atom stereocenters. The third kappa shape index (κ3) is 2.57. The lowest BCUT2D eigenvalue weighted by Gasteiger charge is -2.48. The summed E-state index contributed by atoms with van der Waals surface area (Å²) >= 11 is 0. The molecule has 3 heteroatoms. The number of rotatable bonds is 2. The van der Waals surface area contributed by atoms with Gasteiger partial charge in [0, 0.05) is 24.8 Å². The fourth-order valence-corrected chi connectivity index (χ4v) is 4.14. The van der Waals surface area contributed by atoms with Gasteiger partial charge in [0.05, 0.1) is 0 Å². The lowest BCUT2D eigenvalue weighted by Crippen LogP contribution is -2.49. The Balaban J connectivity index is 1.78. The predicted molar refractivity (Wildman–Crippen MR) is 86.0 cm³/mol. The van der Waals surface area contributed by atoms with Crippen molar-refractivity contribution in [1.82, 2.24) is 0 Å². The van der Waals surface area contributed by atoms with Crippen molar-refractivity contribution in [1.29, 1.82) is 0 Å². The Morgan fingerprint density at radius 1 is 1.33 bits per heavy atom. The summed E-state index contributed by atoms with van der Waals surface area (Å²) in [7, 11) is 0. The van der Waals surface area contributed by atoms with E-state index < -0.39 is 0 Å². The van der Waals surface area contributed by atoms with E-state index in [1.807, 2.05) is 6.07 Å². The van der Waals surface area contributed by atoms with Gasteiger partial charge in [0.15, 0.2) is 0 Å². The minimum absolute atomic E-state index is 0.126. The van der Waals surface area contributed by atoms with Crippen LogP contribution in [0.4, 0.5) is 10.1 Å². The molecule has 1 aliphatic heterocycles. The van der Waals surface area contributed by atoms with Crippen LogP contribution >= 0.6 is 0 Å². The second-order valence-corrected chi connectivity index (χ2v) is 7.52. The highest BCUT2D eigenvalue weighted by atomic mass is 19.1. The summed E-state index contributed by atoms with van der Waals surface area (Å²) in [6.45, 7) is 9.04. The standard InChI is InChI=1S/C18H27FN2/c1-12-16(20)7-5-14(18(12,2)3)11-21-9-8-13-4-6-15(19)10-17(13)21/h4,6,10,12,14,16H,5,7-9,11,20H2,1-3H3. The highest BCUT2D eigenvalue weighted by Crippen LogP contribution is 2.45. The first-order valence-electron chi connectivity index (χ1n) is 8.18. The van der Waals surface area contributed by atoms with Gasteiger partial charge in [-0.15, -0.1) is 0 Å². The van der Waals surface area contributed by atoms with E-state index in [-0.39, 0.29) is 11.2 Å². The maximum atomic E-state index is 13.5. The van der Waals surface area contributed by atoms with Crippen LogP contribution in [0.5, 0.6) is 0 Å². The SMILES string of the molecule is CC1C(N)CCC(CN2CCc3ccc(F)cc32)C1(C)C. The number of nitrogens with zero attached hydrogens (tertiary/aromatic N) is 1. The lowest BCUT2D eigenvalue weighted by atomic mass is 9.61. The molecule has 2 nitrogen and oxygen atoms in total. The molecular weight excluding hydrogens is 263 g/mol. The molecule has 0 radical (unpaired) electrons. The van der Waals surface area contributed by atoms with Gasteiger partial charge in [-0.25, -0.2) is 4.39 Å². The van der Waals surface area contributed by atoms with Crippen LogP contribution in [0.1, 0.15) is 39.2 Å². The van der Waals surface area contributed by atoms with E-state index in [4.69, 9.17) is 5.73 Å². The summed E-state index contributed by atoms with van der Waals surface area (Å²) in [5, 5.41) is 0. The number of fused-ring (bicyclic) bond motifs is 1. The van der Waals surface area contributed by atoms with Crippen molar-refractivity contribution < 1.29 is 4.39 Å². The minimum Gasteiger partial charge on any atom is -0.371 e. The van der Waals surface area contributed by atoms with Crippen LogP contribution in [-0.4, -0.2) is 19.1 Å². The highest BCUT2D eigenvalue weighted by Gasteiger charge is 2.42. The molecule has 0 aromatic heterocycles. The monoisotopic (exact) mass is 290 g/mol. The normalized spacial score (nSPS) is 31.3. The zero-order valence-electron chi connectivity index (χ0n) is 13.4. The zero-order valence-corrected chi connectivity index (χ0v) is 13.4. The van der Waals surface area contributed by atoms with E-state index in [9.17, 15) is 4.39 Å². The Morgan fingerprint density at radius 2 is 2.10 bits per heavy atom. The molecule has 21 heavy (non-hydrogen) atoms. The Labute approximate surface area is 127 Å². The van der Waals surface area contributed by atoms with E-state index in [1.54, 1.807) is 12.1 Å². The third-order valence-electron chi connectivity index (χ3n) is 6.20. The summed E-state index contributed by atoms with van der Waals surface area (Å²) < 4.78 is 13.5. The van der Waals surface area contributed by atoms with E-state index in [2.05, 4.69) is 25.7 Å². The maximum absolute atomic E-state index is 13.5. The van der Waals surface area contributed by atoms with Gasteiger partial charge in [-0.1, -0.05) is 26.8 Å². The molecule has 2 aliphatic rings. The van der Waals surface area contributed by atoms with Gasteiger partial charge in [0.25, 0.3) is 0 Å². The van der Waals surface area contributed by atoms with Gasteiger partial charge >= 0.3 is 0 Å². The Bertz CT molecular complexity index is 526. The van der Waals surface area contributed by atoms with Crippen molar-refractivity contribution in [2.24, 2.45) is 23.0 Å². The molecule has 1 aromatic carbocycles. The van der Waals surface area contributed by atoms with Crippen molar-refractivity contribution in [3.05, 3.63) is 29.6 Å². The summed E-state index contributed by atoms with van der Waals surface area (Å²) in [6, 6.07) is 5.54. The number of nitrogens with two attached hydrogens (primary N) is 1. The summed E-state index contributed by atoms with van der Waals surface area (Å²) in [6.07, 6.45) is 3.33. The van der Waals surface area contributed by atoms with Crippen LogP contribution in [-0.2, 0) is 6.42 Å². The number of halogens is 1. The van der Waals surface area contributed by atoms with Crippen LogP contribution in [0.25, 0.3) is 0 Å². The smallest absolute Gasteiger partial charge is 0.125 e. The van der Waals surface area contributed by atoms with Crippen molar-refractivity contribution >= 4 is 5.69 Å². The summed E-state index contributed by atoms with van der Waals surface area (Å²) in [4.78, 5) is 2.38. The lowest BCUT2D eigenvalue weighted by molar-refractivity contribution is 0.0584. The van der Waals surface area contributed by atoms with Crippen LogP contribution in [0.3, 0.4) is 0 Å². The average molecular weight is 290 g/mol. The van der Waals surface area contributed by atoms with Gasteiger partial charge in [-0.05, 0) is 54.2 Å². The topological polar surface area (TPSA) is 29.3 Å². The number of hydrogen-bond donors (Lipinski definition) is 1. The van der Waals surface area contributed by atoms with Crippen LogP contribution < -0.4 is 10.6 Å². The van der Waals surface area contributed by atoms with Crippen molar-refractivity contribution in [2.75, 3.05) is 18.0 Å². The quantitative estimate of drug-likeness (QED) is 0.902. The first-order chi connectivity index (χ1) is 9.89. The van der Waals surface area contributed by atoms with Crippen LogP contribution in [0.15, 0.2) is 18.2 Å². The van der Waals surface area contributed by atoms with Crippen LogP contribution in [0.2, 0.25) is 0 Å². The molecule has 1 aromatic rings. The number of hydrogen-bond acceptors (Lipinski definition) is 2. The third-order valence-corrected chi connectivity index (χ3v) is 6.20. The van der Waals surface area contributed by atoms with Gasteiger partial charge in [-0.2, -0.15) is 0 Å². The second kappa shape index (κ2) is 5.28. The van der Waals surface area contributed by atoms with E-state index >= 15 is 0 Å². The van der Waals surface area contributed by atoms with Gasteiger partial charge < -0.3 is 10.6 Å². The van der Waals surface area contributed by atoms with E-state index in [0.29, 0.717) is 17.9 Å². The number of anilines is 1. The molecule has 3 atom stereocenters. The zero-order chi connectivity index (χ0) is 15.2. The average Bonchev–Trinajstić information content (AvgIpc) is 2.82. The van der Waals surface area contributed by atoms with Gasteiger partial charge in [0.1, 0.15) is 5.82 Å². The summed E-state index contributed by atoms with van der Waals surface area (Å²) in [5.74, 6) is 1.03. The van der Waals surface area contributed by atoms with Crippen LogP contribution in [0, 0.1) is 23.1 Å². The molecule has 0 spiro atoms. The minimum atomic E-state index is -0.126. The van der Waals surface area contributed by atoms with Crippen molar-refractivity contribution in [3.63, 3.8) is 0 Å². The van der Waals surface area contributed by atoms with E-state index in [0.717, 1.165) is 31.6 Å². The molecule has 0 bridgehead atoms. The molecular formula is C18H27FN2.